The van der Waals surface area contributed by atoms with Crippen molar-refractivity contribution in [2.75, 3.05) is 11.3 Å². The van der Waals surface area contributed by atoms with Gasteiger partial charge in [0.05, 0.1) is 22.1 Å². The van der Waals surface area contributed by atoms with Gasteiger partial charge in [-0.2, -0.15) is 0 Å². The van der Waals surface area contributed by atoms with Crippen LogP contribution in [0.1, 0.15) is 16.6 Å². The molecule has 6 nitrogen and oxygen atoms in total. The van der Waals surface area contributed by atoms with E-state index >= 15 is 0 Å². The lowest BCUT2D eigenvalue weighted by molar-refractivity contribution is 0.100. The minimum atomic E-state index is -3.79. The largest absolute Gasteiger partial charge is 0.492 e. The van der Waals surface area contributed by atoms with Gasteiger partial charge in [-0.25, -0.2) is 8.42 Å². The molecule has 0 atom stereocenters. The minimum Gasteiger partial charge on any atom is -0.492 e. The fourth-order valence-electron chi connectivity index (χ4n) is 1.62. The zero-order chi connectivity index (χ0) is 15.5. The molecule has 1 aromatic carbocycles. The van der Waals surface area contributed by atoms with E-state index in [1.54, 1.807) is 24.3 Å². The highest BCUT2D eigenvalue weighted by molar-refractivity contribution is 7.92. The Bertz CT molecular complexity index is 753. The van der Waals surface area contributed by atoms with Crippen molar-refractivity contribution in [3.05, 3.63) is 40.6 Å². The van der Waals surface area contributed by atoms with Crippen LogP contribution in [-0.2, 0) is 10.0 Å². The Labute approximate surface area is 126 Å². The highest BCUT2D eigenvalue weighted by Gasteiger charge is 2.19. The van der Waals surface area contributed by atoms with E-state index < -0.39 is 15.9 Å². The van der Waals surface area contributed by atoms with Crippen LogP contribution in [0.15, 0.2) is 40.6 Å². The van der Waals surface area contributed by atoms with E-state index in [0.717, 1.165) is 11.3 Å². The highest BCUT2D eigenvalue weighted by atomic mass is 32.2. The van der Waals surface area contributed by atoms with Gasteiger partial charge in [0, 0.05) is 5.38 Å². The van der Waals surface area contributed by atoms with Crippen LogP contribution >= 0.6 is 11.3 Å². The molecule has 0 saturated carbocycles. The predicted molar refractivity (Wildman–Crippen MR) is 81.3 cm³/mol. The molecule has 21 heavy (non-hydrogen) atoms. The molecule has 0 unspecified atom stereocenters. The first kappa shape index (κ1) is 15.3. The molecule has 2 aromatic rings. The molecular formula is C13H14N2O4S2. The monoisotopic (exact) mass is 326 g/mol. The summed E-state index contributed by atoms with van der Waals surface area (Å²) in [6.45, 7) is 2.23. The van der Waals surface area contributed by atoms with E-state index in [1.807, 2.05) is 6.92 Å². The summed E-state index contributed by atoms with van der Waals surface area (Å²) in [5.74, 6) is -0.218. The highest BCUT2D eigenvalue weighted by Crippen LogP contribution is 2.28. The zero-order valence-corrected chi connectivity index (χ0v) is 12.8. The second kappa shape index (κ2) is 6.15. The van der Waals surface area contributed by atoms with Crippen LogP contribution in [0.5, 0.6) is 5.75 Å². The number of sulfonamides is 1. The molecule has 3 N–H and O–H groups in total. The van der Waals surface area contributed by atoms with Gasteiger partial charge in [0.1, 0.15) is 5.75 Å². The standard InChI is InChI=1S/C13H14N2O4S2/c1-2-19-11-6-4-3-5-10(11)15-21(17,18)9-7-12(13(14)16)20-8-9/h3-8,15H,2H2,1H3,(H2,14,16). The maximum Gasteiger partial charge on any atom is 0.262 e. The predicted octanol–water partition coefficient (Wildman–Crippen LogP) is 2.05. The van der Waals surface area contributed by atoms with Crippen molar-refractivity contribution in [3.63, 3.8) is 0 Å². The van der Waals surface area contributed by atoms with E-state index in [4.69, 9.17) is 10.5 Å². The average Bonchev–Trinajstić information content (AvgIpc) is 2.92. The number of nitrogens with two attached hydrogens (primary N) is 1. The van der Waals surface area contributed by atoms with Crippen molar-refractivity contribution in [1.82, 2.24) is 0 Å². The SMILES string of the molecule is CCOc1ccccc1NS(=O)(=O)c1csc(C(N)=O)c1. The van der Waals surface area contributed by atoms with Crippen LogP contribution in [-0.4, -0.2) is 20.9 Å². The van der Waals surface area contributed by atoms with Crippen LogP contribution in [0, 0.1) is 0 Å². The summed E-state index contributed by atoms with van der Waals surface area (Å²) >= 11 is 0.985. The van der Waals surface area contributed by atoms with Gasteiger partial charge in [-0.15, -0.1) is 11.3 Å². The molecule has 0 aliphatic carbocycles. The van der Waals surface area contributed by atoms with Gasteiger partial charge in [-0.1, -0.05) is 12.1 Å². The summed E-state index contributed by atoms with van der Waals surface area (Å²) in [6.07, 6.45) is 0. The molecule has 0 bridgehead atoms. The molecule has 0 saturated heterocycles. The van der Waals surface area contributed by atoms with Gasteiger partial charge >= 0.3 is 0 Å². The number of thiophene rings is 1. The molecular weight excluding hydrogens is 312 g/mol. The molecule has 2 rings (SSSR count). The molecule has 0 aliphatic heterocycles. The number of ether oxygens (including phenoxy) is 1. The van der Waals surface area contributed by atoms with Crippen molar-refractivity contribution in [3.8, 4) is 5.75 Å². The first-order valence-corrected chi connectivity index (χ1v) is 8.43. The number of rotatable bonds is 6. The van der Waals surface area contributed by atoms with Gasteiger partial charge in [0.2, 0.25) is 0 Å². The topological polar surface area (TPSA) is 98.5 Å². The first-order valence-electron chi connectivity index (χ1n) is 6.07. The fraction of sp³-hybridized carbons (Fsp3) is 0.154. The third-order valence-electron chi connectivity index (χ3n) is 2.56. The number of para-hydroxylation sites is 2. The lowest BCUT2D eigenvalue weighted by Crippen LogP contribution is -2.13. The van der Waals surface area contributed by atoms with Crippen molar-refractivity contribution >= 4 is 33.0 Å². The molecule has 1 aromatic heterocycles. The fourth-order valence-corrected chi connectivity index (χ4v) is 3.82. The average molecular weight is 326 g/mol. The Morgan fingerprint density at radius 1 is 1.38 bits per heavy atom. The normalized spacial score (nSPS) is 11.1. The number of anilines is 1. The summed E-state index contributed by atoms with van der Waals surface area (Å²) in [7, 11) is -3.79. The van der Waals surface area contributed by atoms with Crippen molar-refractivity contribution in [2.24, 2.45) is 5.73 Å². The maximum absolute atomic E-state index is 12.3. The smallest absolute Gasteiger partial charge is 0.262 e. The summed E-state index contributed by atoms with van der Waals surface area (Å²) in [5, 5.41) is 1.37. The van der Waals surface area contributed by atoms with Crippen LogP contribution in [0.2, 0.25) is 0 Å². The second-order valence-corrected chi connectivity index (χ2v) is 6.64. The lowest BCUT2D eigenvalue weighted by atomic mass is 10.3. The molecule has 1 heterocycles. The number of hydrogen-bond acceptors (Lipinski definition) is 5. The molecule has 1 amide bonds. The summed E-state index contributed by atoms with van der Waals surface area (Å²) in [4.78, 5) is 11.2. The van der Waals surface area contributed by atoms with E-state index in [2.05, 4.69) is 4.72 Å². The van der Waals surface area contributed by atoms with Crippen molar-refractivity contribution in [2.45, 2.75) is 11.8 Å². The molecule has 0 fully saturated rings. The maximum atomic E-state index is 12.3. The van der Waals surface area contributed by atoms with Crippen LogP contribution in [0.3, 0.4) is 0 Å². The van der Waals surface area contributed by atoms with Crippen LogP contribution < -0.4 is 15.2 Å². The number of carbonyl (C=O) groups is 1. The van der Waals surface area contributed by atoms with Crippen LogP contribution in [0.4, 0.5) is 5.69 Å². The Kier molecular flexibility index (Phi) is 4.49. The number of primary amides is 1. The number of nitrogens with one attached hydrogen (secondary N) is 1. The number of amides is 1. The molecule has 0 spiro atoms. The zero-order valence-electron chi connectivity index (χ0n) is 11.2. The van der Waals surface area contributed by atoms with E-state index in [0.29, 0.717) is 18.0 Å². The number of benzene rings is 1. The summed E-state index contributed by atoms with van der Waals surface area (Å²) in [6, 6.07) is 7.97. The Morgan fingerprint density at radius 2 is 2.10 bits per heavy atom. The Hall–Kier alpha value is -2.06. The molecule has 112 valence electrons. The Morgan fingerprint density at radius 3 is 2.71 bits per heavy atom. The third-order valence-corrected chi connectivity index (χ3v) is 5.00. The molecule has 0 aliphatic rings. The quantitative estimate of drug-likeness (QED) is 0.848. The summed E-state index contributed by atoms with van der Waals surface area (Å²) in [5.41, 5.74) is 5.46. The summed E-state index contributed by atoms with van der Waals surface area (Å²) < 4.78 is 32.4. The van der Waals surface area contributed by atoms with E-state index in [-0.39, 0.29) is 9.77 Å². The molecule has 8 heteroatoms. The minimum absolute atomic E-state index is 0.00685. The van der Waals surface area contributed by atoms with E-state index in [9.17, 15) is 13.2 Å². The lowest BCUT2D eigenvalue weighted by Gasteiger charge is -2.11. The first-order chi connectivity index (χ1) is 9.94. The van der Waals surface area contributed by atoms with Crippen molar-refractivity contribution in [1.29, 1.82) is 0 Å². The van der Waals surface area contributed by atoms with E-state index in [1.165, 1.54) is 11.4 Å². The van der Waals surface area contributed by atoms with Gasteiger partial charge in [0.15, 0.2) is 0 Å². The van der Waals surface area contributed by atoms with Crippen molar-refractivity contribution < 1.29 is 17.9 Å². The van der Waals surface area contributed by atoms with Gasteiger partial charge < -0.3 is 10.5 Å². The molecule has 0 radical (unpaired) electrons. The van der Waals surface area contributed by atoms with Gasteiger partial charge in [0.25, 0.3) is 15.9 Å². The van der Waals surface area contributed by atoms with Gasteiger partial charge in [-0.05, 0) is 25.1 Å². The second-order valence-electron chi connectivity index (χ2n) is 4.05. The number of carbonyl (C=O) groups excluding carboxylic acids is 1. The van der Waals surface area contributed by atoms with Crippen LogP contribution in [0.25, 0.3) is 0 Å². The number of hydrogen-bond donors (Lipinski definition) is 2. The van der Waals surface area contributed by atoms with Gasteiger partial charge in [-0.3, -0.25) is 9.52 Å². The third kappa shape index (κ3) is 3.53. The Balaban J connectivity index is 2.30.